The Labute approximate surface area is 188 Å². The lowest BCUT2D eigenvalue weighted by molar-refractivity contribution is -0.205. The minimum Gasteiger partial charge on any atom is -0.404 e. The molecule has 170 valence electrons. The molecule has 32 heavy (non-hydrogen) atoms. The third-order valence-corrected chi connectivity index (χ3v) is 5.84. The van der Waals surface area contributed by atoms with E-state index in [1.54, 1.807) is 4.98 Å². The zero-order chi connectivity index (χ0) is 26.0. The minimum atomic E-state index is -4.90. The van der Waals surface area contributed by atoms with Gasteiger partial charge in [-0.3, -0.25) is 23.4 Å². The van der Waals surface area contributed by atoms with Crippen LogP contribution in [0, 0.1) is 12.3 Å². The van der Waals surface area contributed by atoms with Gasteiger partial charge in [-0.25, -0.2) is 13.8 Å². The smallest absolute Gasteiger partial charge is 0.404 e. The van der Waals surface area contributed by atoms with Crippen molar-refractivity contribution in [2.75, 3.05) is 6.56 Å². The normalized spacial score (nSPS) is 35.7. The summed E-state index contributed by atoms with van der Waals surface area (Å²) < 4.78 is 72.6. The monoisotopic (exact) mass is 491 g/mol. The van der Waals surface area contributed by atoms with Crippen molar-refractivity contribution in [2.24, 2.45) is 0 Å². The lowest BCUT2D eigenvalue weighted by Crippen LogP contribution is -2.43. The number of ether oxygens (including phenoxy) is 1. The van der Waals surface area contributed by atoms with Crippen LogP contribution in [0.1, 0.15) is 21.4 Å². The van der Waals surface area contributed by atoms with E-state index in [4.69, 9.17) is 35.9 Å². The summed E-state index contributed by atoms with van der Waals surface area (Å²) in [6.45, 7) is -4.34. The van der Waals surface area contributed by atoms with Crippen molar-refractivity contribution >= 4 is 19.4 Å². The molecule has 14 heteroatoms. The highest BCUT2D eigenvalue weighted by molar-refractivity contribution is 7.49. The molecule has 2 aliphatic rings. The SMILES string of the molecule is [2H]C([2H])(OP1(=O)OCc2cc(Cl)ccc2O1)[C@@]1(F)O[C@@]([2H])(n2cc(C#C)c(=O)[nH]c2=O)[C@H](O)[C@@H]1O. The van der Waals surface area contributed by atoms with Gasteiger partial charge in [0.25, 0.3) is 11.4 Å². The van der Waals surface area contributed by atoms with Gasteiger partial charge >= 0.3 is 13.5 Å². The van der Waals surface area contributed by atoms with Gasteiger partial charge in [0.05, 0.1) is 10.7 Å². The number of fused-ring (bicyclic) bond motifs is 1. The summed E-state index contributed by atoms with van der Waals surface area (Å²) in [6.07, 6.45) is -3.07. The number of aliphatic hydroxyl groups is 2. The van der Waals surface area contributed by atoms with Gasteiger partial charge in [-0.05, 0) is 18.2 Å². The molecule has 1 unspecified atom stereocenters. The predicted octanol–water partition coefficient (Wildman–Crippen LogP) is 0.822. The van der Waals surface area contributed by atoms with Gasteiger partial charge in [-0.2, -0.15) is 0 Å². The molecule has 3 N–H and O–H groups in total. The number of phosphoric acid groups is 1. The summed E-state index contributed by atoms with van der Waals surface area (Å²) in [6, 6.07) is 4.05. The van der Waals surface area contributed by atoms with Crippen LogP contribution >= 0.6 is 19.4 Å². The van der Waals surface area contributed by atoms with Crippen LogP contribution in [0.3, 0.4) is 0 Å². The maximum Gasteiger partial charge on any atom is 0.530 e. The molecule has 2 aromatic rings. The van der Waals surface area contributed by atoms with E-state index in [1.807, 2.05) is 5.92 Å². The highest BCUT2D eigenvalue weighted by atomic mass is 35.5. The molecule has 1 aromatic heterocycles. The van der Waals surface area contributed by atoms with E-state index >= 15 is 4.39 Å². The fourth-order valence-electron chi connectivity index (χ4n) is 2.83. The number of nitrogens with one attached hydrogen (secondary N) is 1. The molecule has 4 rings (SSSR count). The number of aromatic nitrogens is 2. The second-order valence-corrected chi connectivity index (χ2v) is 8.50. The maximum absolute atomic E-state index is 15.9. The number of terminal acetylenes is 1. The zero-order valence-corrected chi connectivity index (χ0v) is 17.3. The molecule has 2 aliphatic heterocycles. The molecule has 11 nitrogen and oxygen atoms in total. The second kappa shape index (κ2) is 8.13. The van der Waals surface area contributed by atoms with E-state index in [1.165, 1.54) is 18.2 Å². The topological polar surface area (TPSA) is 149 Å². The summed E-state index contributed by atoms with van der Waals surface area (Å²) in [4.78, 5) is 25.6. The molecule has 5 atom stereocenters. The predicted molar refractivity (Wildman–Crippen MR) is 106 cm³/mol. The average molecular weight is 492 g/mol. The van der Waals surface area contributed by atoms with Crippen LogP contribution in [-0.4, -0.2) is 44.4 Å². The van der Waals surface area contributed by atoms with Crippen molar-refractivity contribution in [3.8, 4) is 18.1 Å². The highest BCUT2D eigenvalue weighted by Gasteiger charge is 2.57. The van der Waals surface area contributed by atoms with Crippen LogP contribution < -0.4 is 15.8 Å². The van der Waals surface area contributed by atoms with Gasteiger partial charge in [-0.1, -0.05) is 17.5 Å². The minimum absolute atomic E-state index is 0.0722. The number of benzene rings is 1. The molecule has 1 aromatic carbocycles. The molecule has 3 heterocycles. The van der Waals surface area contributed by atoms with Gasteiger partial charge < -0.3 is 19.5 Å². The molecule has 0 radical (unpaired) electrons. The Morgan fingerprint density at radius 1 is 1.53 bits per heavy atom. The van der Waals surface area contributed by atoms with Crippen LogP contribution in [0.2, 0.25) is 5.02 Å². The Morgan fingerprint density at radius 2 is 2.28 bits per heavy atom. The van der Waals surface area contributed by atoms with E-state index in [2.05, 4.69) is 4.52 Å². The van der Waals surface area contributed by atoms with Gasteiger partial charge in [0.1, 0.15) is 30.1 Å². The third kappa shape index (κ3) is 4.00. The van der Waals surface area contributed by atoms with E-state index in [0.717, 1.165) is 0 Å². The molecule has 0 amide bonds. The van der Waals surface area contributed by atoms with Crippen LogP contribution in [0.25, 0.3) is 0 Å². The van der Waals surface area contributed by atoms with Crippen molar-refractivity contribution in [3.63, 3.8) is 0 Å². The van der Waals surface area contributed by atoms with Crippen molar-refractivity contribution < 1.29 is 41.6 Å². The first-order valence-electron chi connectivity index (χ1n) is 10.2. The number of hydrogen-bond donors (Lipinski definition) is 3. The molecule has 0 saturated carbocycles. The molecule has 1 fully saturated rings. The summed E-state index contributed by atoms with van der Waals surface area (Å²) in [7, 11) is -4.90. The molecule has 1 saturated heterocycles. The fraction of sp³-hybridized carbons (Fsp3) is 0.333. The molecular formula is C18H15ClFN2O9P. The Kier molecular flexibility index (Phi) is 4.83. The number of alkyl halides is 1. The number of hydrogen-bond acceptors (Lipinski definition) is 9. The second-order valence-electron chi connectivity index (χ2n) is 6.55. The number of aliphatic hydroxyl groups excluding tert-OH is 2. The lowest BCUT2D eigenvalue weighted by atomic mass is 10.1. The van der Waals surface area contributed by atoms with Crippen LogP contribution in [0.5, 0.6) is 5.75 Å². The zero-order valence-electron chi connectivity index (χ0n) is 18.7. The Hall–Kier alpha value is -2.49. The summed E-state index contributed by atoms with van der Waals surface area (Å²) in [5.41, 5.74) is -2.64. The van der Waals surface area contributed by atoms with Gasteiger partial charge in [0, 0.05) is 16.8 Å². The van der Waals surface area contributed by atoms with Crippen LogP contribution in [0.15, 0.2) is 34.0 Å². The first kappa shape index (κ1) is 19.0. The van der Waals surface area contributed by atoms with E-state index in [-0.39, 0.29) is 10.3 Å². The Balaban J connectivity index is 1.69. The molecule has 0 aliphatic carbocycles. The van der Waals surface area contributed by atoms with E-state index in [0.29, 0.717) is 16.8 Å². The number of phosphoric ester groups is 1. The van der Waals surface area contributed by atoms with Gasteiger partial charge in [0.15, 0.2) is 6.20 Å². The summed E-state index contributed by atoms with van der Waals surface area (Å²) in [5.74, 6) is -2.30. The third-order valence-electron chi connectivity index (χ3n) is 4.43. The van der Waals surface area contributed by atoms with Gasteiger partial charge in [-0.15, -0.1) is 6.42 Å². The first-order chi connectivity index (χ1) is 16.2. The fourth-order valence-corrected chi connectivity index (χ4v) is 4.12. The van der Waals surface area contributed by atoms with Crippen LogP contribution in [0.4, 0.5) is 4.39 Å². The first-order valence-corrected chi connectivity index (χ1v) is 10.5. The Morgan fingerprint density at radius 3 is 3.00 bits per heavy atom. The quantitative estimate of drug-likeness (QED) is 0.417. The molecule has 0 spiro atoms. The number of rotatable bonds is 4. The number of H-pyrrole nitrogens is 1. The largest absolute Gasteiger partial charge is 0.530 e. The van der Waals surface area contributed by atoms with Gasteiger partial charge in [0.2, 0.25) is 0 Å². The van der Waals surface area contributed by atoms with Crippen molar-refractivity contribution in [2.45, 2.75) is 30.9 Å². The average Bonchev–Trinajstić information content (AvgIpc) is 2.95. The van der Waals surface area contributed by atoms with E-state index in [9.17, 15) is 24.4 Å². The molecule has 0 bridgehead atoms. The lowest BCUT2D eigenvalue weighted by Gasteiger charge is -2.28. The van der Waals surface area contributed by atoms with Crippen molar-refractivity contribution in [1.29, 1.82) is 0 Å². The Bertz CT molecular complexity index is 1410. The summed E-state index contributed by atoms with van der Waals surface area (Å²) in [5, 5.41) is 21.0. The standard InChI is InChI=1S/C18H15ClFN2O9P/c1-2-9-6-22(17(26)21-15(9)25)16-13(23)14(24)18(20,30-16)8-29-32(27)28-7-10-5-11(19)3-4-12(10)31-32/h1,3-6,13-14,16,23-24H,7-8H2,(H,21,25,26)/t13-,14+,16-,18-,32?/m1/s1/i8D2,16D. The number of aromatic amines is 1. The van der Waals surface area contributed by atoms with Crippen molar-refractivity contribution in [1.82, 2.24) is 9.55 Å². The summed E-state index contributed by atoms with van der Waals surface area (Å²) >= 11 is 5.84. The van der Waals surface area contributed by atoms with E-state index < -0.39 is 62.1 Å². The molecular weight excluding hydrogens is 474 g/mol. The maximum atomic E-state index is 15.9. The highest BCUT2D eigenvalue weighted by Crippen LogP contribution is 2.56. The number of halogens is 2. The van der Waals surface area contributed by atoms with Crippen molar-refractivity contribution in [3.05, 3.63) is 61.4 Å². The number of nitrogens with zero attached hydrogens (tertiary/aromatic N) is 1. The van der Waals surface area contributed by atoms with Crippen LogP contribution in [-0.2, 0) is 25.0 Å².